The molecule has 2 N–H and O–H groups in total. The fourth-order valence-electron chi connectivity index (χ4n) is 2.57. The quantitative estimate of drug-likeness (QED) is 0.607. The van der Waals surface area contributed by atoms with Crippen LogP contribution in [0.1, 0.15) is 30.4 Å². The van der Waals surface area contributed by atoms with Gasteiger partial charge in [-0.1, -0.05) is 60.7 Å². The number of aliphatic carboxylic acids is 1. The summed E-state index contributed by atoms with van der Waals surface area (Å²) in [5.41, 5.74) is 2.00. The Morgan fingerprint density at radius 3 is 2.15 bits per heavy atom. The van der Waals surface area contributed by atoms with Gasteiger partial charge in [0.05, 0.1) is 6.61 Å². The lowest BCUT2D eigenvalue weighted by Crippen LogP contribution is -2.42. The number of amides is 1. The first-order chi connectivity index (χ1) is 12.6. The van der Waals surface area contributed by atoms with Crippen molar-refractivity contribution in [1.29, 1.82) is 0 Å². The molecule has 0 aliphatic heterocycles. The first kappa shape index (κ1) is 19.7. The third-order valence-electron chi connectivity index (χ3n) is 3.97. The number of benzene rings is 2. The summed E-state index contributed by atoms with van der Waals surface area (Å²) in [5.74, 6) is -1.26. The number of carbonyl (C=O) groups is 2. The Bertz CT molecular complexity index is 673. The largest absolute Gasteiger partial charge is 0.480 e. The van der Waals surface area contributed by atoms with Gasteiger partial charge in [0, 0.05) is 19.4 Å². The fraction of sp³-hybridized carbons (Fsp3) is 0.333. The van der Waals surface area contributed by atoms with Crippen molar-refractivity contribution in [3.8, 4) is 0 Å². The van der Waals surface area contributed by atoms with E-state index >= 15 is 0 Å². The van der Waals surface area contributed by atoms with Crippen LogP contribution in [-0.4, -0.2) is 29.6 Å². The third-order valence-corrected chi connectivity index (χ3v) is 3.97. The zero-order valence-corrected chi connectivity index (χ0v) is 14.8. The van der Waals surface area contributed by atoms with Gasteiger partial charge in [-0.05, 0) is 24.0 Å². The van der Waals surface area contributed by atoms with Gasteiger partial charge in [-0.15, -0.1) is 0 Å². The van der Waals surface area contributed by atoms with Crippen LogP contribution in [0.2, 0.25) is 0 Å². The van der Waals surface area contributed by atoms with Gasteiger partial charge < -0.3 is 15.2 Å². The molecule has 0 aliphatic rings. The zero-order chi connectivity index (χ0) is 18.6. The Labute approximate surface area is 154 Å². The minimum Gasteiger partial charge on any atom is -0.480 e. The molecule has 2 rings (SSSR count). The van der Waals surface area contributed by atoms with Crippen LogP contribution in [0.15, 0.2) is 60.7 Å². The highest BCUT2D eigenvalue weighted by Crippen LogP contribution is 2.05. The van der Waals surface area contributed by atoms with Gasteiger partial charge in [-0.2, -0.15) is 0 Å². The molecule has 5 heteroatoms. The topological polar surface area (TPSA) is 75.6 Å². The summed E-state index contributed by atoms with van der Waals surface area (Å²) in [7, 11) is 0. The lowest BCUT2D eigenvalue weighted by Gasteiger charge is -2.14. The van der Waals surface area contributed by atoms with Gasteiger partial charge in [-0.25, -0.2) is 4.79 Å². The molecule has 0 saturated carbocycles. The maximum Gasteiger partial charge on any atom is 0.326 e. The monoisotopic (exact) mass is 355 g/mol. The molecule has 0 spiro atoms. The number of nitrogens with one attached hydrogen (secondary N) is 1. The van der Waals surface area contributed by atoms with Crippen molar-refractivity contribution in [2.45, 2.75) is 38.3 Å². The van der Waals surface area contributed by atoms with Crippen molar-refractivity contribution in [3.05, 3.63) is 71.8 Å². The Morgan fingerprint density at radius 2 is 1.54 bits per heavy atom. The number of carbonyl (C=O) groups excluding carboxylic acids is 1. The summed E-state index contributed by atoms with van der Waals surface area (Å²) in [4.78, 5) is 23.3. The molecule has 0 fully saturated rings. The maximum atomic E-state index is 12.0. The molecular weight excluding hydrogens is 330 g/mol. The number of ether oxygens (including phenoxy) is 1. The van der Waals surface area contributed by atoms with Crippen molar-refractivity contribution >= 4 is 11.9 Å². The van der Waals surface area contributed by atoms with Crippen LogP contribution >= 0.6 is 0 Å². The van der Waals surface area contributed by atoms with Crippen LogP contribution in [-0.2, 0) is 27.4 Å². The first-order valence-corrected chi connectivity index (χ1v) is 8.83. The minimum atomic E-state index is -1.02. The van der Waals surface area contributed by atoms with Crippen LogP contribution in [0.5, 0.6) is 0 Å². The highest BCUT2D eigenvalue weighted by Gasteiger charge is 2.19. The maximum absolute atomic E-state index is 12.0. The molecule has 0 aliphatic carbocycles. The SMILES string of the molecule is O=C(CCCCOCc1ccccc1)N[C@H](Cc1ccccc1)C(=O)O. The molecule has 0 heterocycles. The Balaban J connectivity index is 1.62. The summed E-state index contributed by atoms with van der Waals surface area (Å²) in [6, 6.07) is 18.3. The molecule has 5 nitrogen and oxygen atoms in total. The summed E-state index contributed by atoms with van der Waals surface area (Å²) in [5, 5.41) is 11.9. The highest BCUT2D eigenvalue weighted by molar-refractivity contribution is 5.83. The molecule has 0 unspecified atom stereocenters. The lowest BCUT2D eigenvalue weighted by molar-refractivity contribution is -0.141. The van der Waals surface area contributed by atoms with Crippen LogP contribution in [0, 0.1) is 0 Å². The van der Waals surface area contributed by atoms with E-state index in [1.165, 1.54) is 0 Å². The third kappa shape index (κ3) is 7.49. The number of carboxylic acid groups (broad SMARTS) is 1. The number of hydrogen-bond acceptors (Lipinski definition) is 3. The number of unbranched alkanes of at least 4 members (excludes halogenated alkanes) is 1. The van der Waals surface area contributed by atoms with E-state index in [1.54, 1.807) is 0 Å². The van der Waals surface area contributed by atoms with E-state index in [0.717, 1.165) is 17.5 Å². The molecule has 2 aromatic carbocycles. The molecule has 1 amide bonds. The van der Waals surface area contributed by atoms with Gasteiger partial charge in [0.1, 0.15) is 6.04 Å². The van der Waals surface area contributed by atoms with Gasteiger partial charge >= 0.3 is 5.97 Å². The molecule has 138 valence electrons. The van der Waals surface area contributed by atoms with E-state index in [9.17, 15) is 14.7 Å². The van der Waals surface area contributed by atoms with Crippen LogP contribution in [0.4, 0.5) is 0 Å². The van der Waals surface area contributed by atoms with E-state index < -0.39 is 12.0 Å². The second-order valence-corrected chi connectivity index (χ2v) is 6.14. The average Bonchev–Trinajstić information content (AvgIpc) is 2.65. The van der Waals surface area contributed by atoms with Crippen molar-refractivity contribution in [2.75, 3.05) is 6.61 Å². The molecule has 1 atom stereocenters. The summed E-state index contributed by atoms with van der Waals surface area (Å²) < 4.78 is 5.57. The average molecular weight is 355 g/mol. The van der Waals surface area contributed by atoms with E-state index in [2.05, 4.69) is 5.32 Å². The zero-order valence-electron chi connectivity index (χ0n) is 14.8. The van der Waals surface area contributed by atoms with Crippen molar-refractivity contribution in [2.24, 2.45) is 0 Å². The summed E-state index contributed by atoms with van der Waals surface area (Å²) in [6.07, 6.45) is 2.00. The highest BCUT2D eigenvalue weighted by atomic mass is 16.5. The van der Waals surface area contributed by atoms with Gasteiger partial charge in [-0.3, -0.25) is 4.79 Å². The van der Waals surface area contributed by atoms with E-state index in [1.807, 2.05) is 60.7 Å². The second kappa shape index (κ2) is 11.1. The lowest BCUT2D eigenvalue weighted by atomic mass is 10.1. The normalized spacial score (nSPS) is 11.7. The smallest absolute Gasteiger partial charge is 0.326 e. The molecule has 0 radical (unpaired) electrons. The molecular formula is C21H25NO4. The minimum absolute atomic E-state index is 0.239. The number of rotatable bonds is 11. The molecule has 0 bridgehead atoms. The van der Waals surface area contributed by atoms with Crippen LogP contribution < -0.4 is 5.32 Å². The van der Waals surface area contributed by atoms with E-state index in [-0.39, 0.29) is 12.3 Å². The molecule has 2 aromatic rings. The van der Waals surface area contributed by atoms with Crippen molar-refractivity contribution < 1.29 is 19.4 Å². The number of carboxylic acids is 1. The molecule has 26 heavy (non-hydrogen) atoms. The van der Waals surface area contributed by atoms with Crippen molar-refractivity contribution in [3.63, 3.8) is 0 Å². The van der Waals surface area contributed by atoms with Crippen LogP contribution in [0.3, 0.4) is 0 Å². The van der Waals surface area contributed by atoms with Crippen LogP contribution in [0.25, 0.3) is 0 Å². The Kier molecular flexibility index (Phi) is 8.36. The van der Waals surface area contributed by atoms with Gasteiger partial charge in [0.25, 0.3) is 0 Å². The van der Waals surface area contributed by atoms with Crippen molar-refractivity contribution in [1.82, 2.24) is 5.32 Å². The van der Waals surface area contributed by atoms with E-state index in [4.69, 9.17) is 4.74 Å². The second-order valence-electron chi connectivity index (χ2n) is 6.14. The number of hydrogen-bond donors (Lipinski definition) is 2. The predicted molar refractivity (Wildman–Crippen MR) is 99.7 cm³/mol. The Hall–Kier alpha value is -2.66. The Morgan fingerprint density at radius 1 is 0.923 bits per heavy atom. The molecule has 0 aromatic heterocycles. The predicted octanol–water partition coefficient (Wildman–Crippen LogP) is 3.19. The standard InChI is InChI=1S/C21H25NO4/c23-20(13-7-8-14-26-16-18-11-5-2-6-12-18)22-19(21(24)25)15-17-9-3-1-4-10-17/h1-6,9-12,19H,7-8,13-16H2,(H,22,23)(H,24,25)/t19-/m1/s1. The first-order valence-electron chi connectivity index (χ1n) is 8.83. The summed E-state index contributed by atoms with van der Waals surface area (Å²) in [6.45, 7) is 1.14. The van der Waals surface area contributed by atoms with E-state index in [0.29, 0.717) is 26.1 Å². The fourth-order valence-corrected chi connectivity index (χ4v) is 2.57. The summed E-state index contributed by atoms with van der Waals surface area (Å²) >= 11 is 0. The van der Waals surface area contributed by atoms with Gasteiger partial charge in [0.2, 0.25) is 5.91 Å². The van der Waals surface area contributed by atoms with Gasteiger partial charge in [0.15, 0.2) is 0 Å². The molecule has 0 saturated heterocycles.